The molecule has 1 fully saturated rings. The molecule has 1 aliphatic rings. The van der Waals surface area contributed by atoms with Gasteiger partial charge in [-0.25, -0.2) is 38.4 Å². The quantitative estimate of drug-likeness (QED) is 0.00516. The molecule has 1 saturated carbocycles. The molecule has 47 heteroatoms. The second-order valence-corrected chi connectivity index (χ2v) is 25.4. The Bertz CT molecular complexity index is 4880. The van der Waals surface area contributed by atoms with Crippen LogP contribution in [0.15, 0.2) is 240 Å². The second kappa shape index (κ2) is 61.9. The molecule has 6 aromatic carbocycles. The summed E-state index contributed by atoms with van der Waals surface area (Å²) in [7, 11) is -4.51. The minimum Gasteiger partial charge on any atom is -0.545 e. The Hall–Kier alpha value is -15.4. The van der Waals surface area contributed by atoms with Crippen molar-refractivity contribution >= 4 is 168 Å². The van der Waals surface area contributed by atoms with Gasteiger partial charge in [0.25, 0.3) is 16.0 Å². The maximum Gasteiger partial charge on any atom is 1.00 e. The van der Waals surface area contributed by atoms with E-state index >= 15 is 0 Å². The predicted octanol–water partition coefficient (Wildman–Crippen LogP) is -1.31. The van der Waals surface area contributed by atoms with E-state index in [0.29, 0.717) is 96.0 Å². The number of aliphatic hydroxyl groups excluding tert-OH is 1. The zero-order chi connectivity index (χ0) is 94.0. The summed E-state index contributed by atoms with van der Waals surface area (Å²) in [5.74, 6) is -15.6. The SMILES string of the molecule is NC1CCC(NC(=O)/C=C\C(=O)O)CC1.NCCNC(=O)/C=C\C(=O)O.NCc1ccc(CNC(=O)/C=C\C(=O)O)cc1.Nc1ccc(NC(=O)/C=C(/Cl)C(=O)O)cc1.Nc1ccc(NC(=O)/C=C(/O)C(=O)O)cc1.Nc1ccc(NC(=O)/C=C\C(=O)O)cc1S(=O)(=O)O.Nc1ccc(NC(=O)/C=C\C(=O)[O-])cc1.Nc1ccc(OC(=O)/C=C\C(=O)O)cc1.[Na+]. The number of aliphatic carboxylic acids is 8. The van der Waals surface area contributed by atoms with E-state index in [0.717, 1.165) is 104 Å². The molecule has 0 heterocycles. The van der Waals surface area contributed by atoms with E-state index in [1.54, 1.807) is 84.9 Å². The molecule has 125 heavy (non-hydrogen) atoms. The van der Waals surface area contributed by atoms with E-state index in [-0.39, 0.29) is 58.9 Å². The van der Waals surface area contributed by atoms with Crippen molar-refractivity contribution in [2.75, 3.05) is 63.0 Å². The summed E-state index contributed by atoms with van der Waals surface area (Å²) in [5.41, 5.74) is 48.9. The fraction of sp³-hybridized carbons (Fsp3) is 0.128. The van der Waals surface area contributed by atoms with Crippen LogP contribution in [0.5, 0.6) is 5.75 Å². The van der Waals surface area contributed by atoms with Crippen LogP contribution in [0.4, 0.5) is 51.2 Å². The number of benzene rings is 6. The third kappa shape index (κ3) is 59.1. The van der Waals surface area contributed by atoms with Gasteiger partial charge in [-0.15, -0.1) is 0 Å². The van der Waals surface area contributed by atoms with E-state index in [1.807, 2.05) is 24.3 Å². The summed E-state index contributed by atoms with van der Waals surface area (Å²) in [6.07, 6.45) is 14.8. The summed E-state index contributed by atoms with van der Waals surface area (Å²) in [5, 5.41) is 93.5. The Morgan fingerprint density at radius 3 is 1.18 bits per heavy atom. The van der Waals surface area contributed by atoms with Crippen molar-refractivity contribution < 1.29 is 170 Å². The monoisotopic (exact) mass is 1790 g/mol. The fourth-order valence-corrected chi connectivity index (χ4v) is 8.73. The van der Waals surface area contributed by atoms with E-state index in [4.69, 9.17) is 108 Å². The molecule has 7 amide bonds. The molecule has 44 nitrogen and oxygen atoms in total. The van der Waals surface area contributed by atoms with Crippen molar-refractivity contribution in [2.45, 2.75) is 55.8 Å². The average molecular weight is 1790 g/mol. The van der Waals surface area contributed by atoms with Crippen LogP contribution in [0, 0.1) is 0 Å². The van der Waals surface area contributed by atoms with Crippen LogP contribution < -0.4 is 122 Å². The third-order valence-corrected chi connectivity index (χ3v) is 14.9. The van der Waals surface area contributed by atoms with Gasteiger partial charge in [0, 0.05) is 157 Å². The molecule has 6 aromatic rings. The van der Waals surface area contributed by atoms with E-state index in [2.05, 4.69) is 37.2 Å². The molecule has 0 aliphatic heterocycles. The fourth-order valence-electron chi connectivity index (χ4n) is 7.99. The van der Waals surface area contributed by atoms with Gasteiger partial charge < -0.3 is 139 Å². The van der Waals surface area contributed by atoms with Crippen LogP contribution in [0.1, 0.15) is 36.8 Å². The maximum absolute atomic E-state index is 11.3. The van der Waals surface area contributed by atoms with Crippen molar-refractivity contribution in [1.82, 2.24) is 16.0 Å². The number of carbonyl (C=O) groups excluding carboxylic acids is 9. The van der Waals surface area contributed by atoms with Crippen molar-refractivity contribution in [3.63, 3.8) is 0 Å². The van der Waals surface area contributed by atoms with Crippen LogP contribution in [-0.4, -0.2) is 174 Å². The van der Waals surface area contributed by atoms with E-state index in [9.17, 15) is 90.2 Å². The van der Waals surface area contributed by atoms with Gasteiger partial charge in [-0.05, 0) is 158 Å². The Morgan fingerprint density at radius 2 is 0.792 bits per heavy atom. The zero-order valence-corrected chi connectivity index (χ0v) is 69.3. The molecule has 32 N–H and O–H groups in total. The molecule has 0 atom stereocenters. The first-order chi connectivity index (χ1) is 58.2. The van der Waals surface area contributed by atoms with E-state index < -0.39 is 115 Å². The number of halogens is 1. The average Bonchev–Trinajstić information content (AvgIpc) is 0.824. The third-order valence-electron chi connectivity index (χ3n) is 13.7. The Morgan fingerprint density at radius 1 is 0.432 bits per heavy atom. The number of anilines is 9. The van der Waals surface area contributed by atoms with Gasteiger partial charge in [0.1, 0.15) is 15.7 Å². The summed E-state index contributed by atoms with van der Waals surface area (Å²) in [6.45, 7) is 1.52. The van der Waals surface area contributed by atoms with Crippen LogP contribution in [0.3, 0.4) is 0 Å². The number of hydrogen-bond donors (Lipinski definition) is 24. The smallest absolute Gasteiger partial charge is 0.545 e. The minimum atomic E-state index is -4.51. The Balaban J connectivity index is 0. The largest absolute Gasteiger partial charge is 1.00 e. The van der Waals surface area contributed by atoms with E-state index in [1.165, 1.54) is 24.3 Å². The molecule has 7 rings (SSSR count). The molecule has 0 radical (unpaired) electrons. The van der Waals surface area contributed by atoms with Gasteiger partial charge in [0.15, 0.2) is 0 Å². The number of esters is 1. The van der Waals surface area contributed by atoms with Crippen LogP contribution in [-0.2, 0) is 99.9 Å². The van der Waals surface area contributed by atoms with Gasteiger partial charge in [0.05, 0.1) is 17.7 Å². The molecule has 662 valence electrons. The first-order valence-electron chi connectivity index (χ1n) is 34.7. The van der Waals surface area contributed by atoms with Crippen molar-refractivity contribution in [1.29, 1.82) is 0 Å². The Kier molecular flexibility index (Phi) is 55.3. The molecule has 1 aliphatic carbocycles. The van der Waals surface area contributed by atoms with Crippen LogP contribution in [0.2, 0.25) is 0 Å². The number of carboxylic acid groups (broad SMARTS) is 8. The number of carboxylic acids is 8. The van der Waals surface area contributed by atoms with Crippen LogP contribution >= 0.6 is 11.6 Å². The van der Waals surface area contributed by atoms with Crippen molar-refractivity contribution in [3.05, 3.63) is 247 Å². The summed E-state index contributed by atoms with van der Waals surface area (Å²) >= 11 is 5.28. The number of nitrogen functional groups attached to an aromatic ring is 5. The van der Waals surface area contributed by atoms with Gasteiger partial charge >= 0.3 is 77.3 Å². The number of ether oxygens (including phenoxy) is 1. The Labute approximate surface area is 737 Å². The standard InChI is InChI=1S/C12H14N2O3.C10H9ClN2O3.C10H10N2O6S.C10H10N2O4.C10H16N2O3.C10H10N2O3.C10H9NO4.C6H10N2O3.Na/c13-7-9-1-3-10(4-2-9)8-14-11(15)5-6-12(16)17;11-8(10(15)16)5-9(14)13-7-3-1-6(12)2-4-7;11-7-2-1-6(5-8(7)19(16,17)18)12-9(13)3-4-10(14)15;11-6-1-3-7(4-2-6)12-9(14)5-8(13)10(15)16;2*11-7-1-3-8(4-2-7)12-9(13)5-6-10(14)15;11-7-1-3-8(4-2-7)15-10(14)6-5-9(12)13;7-3-4-8-5(9)1-2-6(10)11;/h1-6H,7-8,13H2,(H,14,15)(H,16,17);1-5H,12H2,(H,13,14)(H,15,16);1-5H,11H2,(H,12,13)(H,14,15)(H,16,17,18);1-5,13H,11H2,(H,12,14)(H,15,16);5-8H,1-4,11H2,(H,12,13)(H,14,15);1-6H,11H2,(H,12,13)(H,14,15);1-6H,11H2,(H,12,13);1-2H,3-4,7H2,(H,8,9)(H,10,11);/q;;;;;;;;+1/p-1/b6-5-;8-5+;4-3-;8-5+;3*6-5-;2-1-;. The maximum atomic E-state index is 11.3. The molecule has 0 aromatic heterocycles. The van der Waals surface area contributed by atoms with Gasteiger partial charge in [-0.1, -0.05) is 35.9 Å². The number of nitrogens with two attached hydrogens (primary N) is 8. The molecule has 0 spiro atoms. The van der Waals surface area contributed by atoms with Gasteiger partial charge in [-0.2, -0.15) is 8.42 Å². The summed E-state index contributed by atoms with van der Waals surface area (Å²) in [4.78, 5) is 169. The first-order valence-corrected chi connectivity index (χ1v) is 36.5. The minimum absolute atomic E-state index is 0. The number of amides is 7. The van der Waals surface area contributed by atoms with Gasteiger partial charge in [-0.3, -0.25) is 38.1 Å². The number of nitrogens with one attached hydrogen (secondary N) is 7. The van der Waals surface area contributed by atoms with Gasteiger partial charge in [0.2, 0.25) is 41.2 Å². The summed E-state index contributed by atoms with van der Waals surface area (Å²) < 4.78 is 35.6. The molecular formula is C78H87ClN15NaO29S. The number of aliphatic hydroxyl groups is 1. The molecule has 0 unspecified atom stereocenters. The molecule has 0 bridgehead atoms. The zero-order valence-electron chi connectivity index (χ0n) is 65.8. The summed E-state index contributed by atoms with van der Waals surface area (Å²) in [6, 6.07) is 36.6. The molecule has 0 saturated heterocycles. The van der Waals surface area contributed by atoms with Crippen LogP contribution in [0.25, 0.3) is 0 Å². The normalized spacial score (nSPS) is 12.4. The number of hydrogen-bond acceptors (Lipinski definition) is 29. The van der Waals surface area contributed by atoms with Crippen molar-refractivity contribution in [2.24, 2.45) is 17.2 Å². The van der Waals surface area contributed by atoms with Crippen molar-refractivity contribution in [3.8, 4) is 5.75 Å². The first kappa shape index (κ1) is 112. The topological polar surface area (TPSA) is 814 Å². The number of rotatable bonds is 28. The second-order valence-electron chi connectivity index (χ2n) is 23.6. The molecular weight excluding hydrogens is 1700 g/mol. The predicted molar refractivity (Wildman–Crippen MR) is 449 cm³/mol. The number of carbonyl (C=O) groups is 16.